The minimum atomic E-state index is -4.29. The molecule has 202 valence electrons. The zero-order valence-electron chi connectivity index (χ0n) is 21.7. The van der Waals surface area contributed by atoms with Crippen molar-refractivity contribution in [2.24, 2.45) is 12.5 Å². The number of nitrogens with zero attached hydrogens (tertiary/aromatic N) is 6. The number of aromatic nitrogens is 4. The van der Waals surface area contributed by atoms with Crippen LogP contribution in [0.4, 0.5) is 13.2 Å². The number of pyridine rings is 1. The van der Waals surface area contributed by atoms with Gasteiger partial charge in [-0.25, -0.2) is 4.98 Å². The van der Waals surface area contributed by atoms with Crippen molar-refractivity contribution >= 4 is 17.7 Å². The third-order valence-electron chi connectivity index (χ3n) is 7.58. The number of amides is 1. The van der Waals surface area contributed by atoms with Gasteiger partial charge in [0.1, 0.15) is 11.4 Å². The van der Waals surface area contributed by atoms with Crippen molar-refractivity contribution in [2.75, 3.05) is 39.5 Å². The molecule has 1 aliphatic heterocycles. The van der Waals surface area contributed by atoms with Gasteiger partial charge in [0.05, 0.1) is 5.56 Å². The van der Waals surface area contributed by atoms with Crippen molar-refractivity contribution in [2.45, 2.75) is 36.5 Å². The molecule has 11 heteroatoms. The first-order chi connectivity index (χ1) is 18.1. The van der Waals surface area contributed by atoms with E-state index in [1.165, 1.54) is 17.0 Å². The Kier molecular flexibility index (Phi) is 7.25. The molecular weight excluding hydrogens is 513 g/mol. The third-order valence-corrected chi connectivity index (χ3v) is 8.69. The predicted molar refractivity (Wildman–Crippen MR) is 140 cm³/mol. The van der Waals surface area contributed by atoms with E-state index in [1.807, 2.05) is 17.7 Å². The van der Waals surface area contributed by atoms with Gasteiger partial charge < -0.3 is 14.4 Å². The molecule has 1 aliphatic carbocycles. The summed E-state index contributed by atoms with van der Waals surface area (Å²) in [6.07, 6.45) is -1.14. The molecule has 1 unspecified atom stereocenters. The Hall–Kier alpha value is -2.92. The lowest BCUT2D eigenvalue weighted by atomic mass is 9.97. The number of carbonyl (C=O) groups is 1. The molecule has 0 N–H and O–H groups in total. The van der Waals surface area contributed by atoms with Gasteiger partial charge in [-0.15, -0.1) is 10.2 Å². The van der Waals surface area contributed by atoms with E-state index in [-0.39, 0.29) is 11.3 Å². The number of alkyl halides is 3. The van der Waals surface area contributed by atoms with E-state index in [9.17, 15) is 18.0 Å². The molecule has 38 heavy (non-hydrogen) atoms. The maximum Gasteiger partial charge on any atom is 0.416 e. The molecular formula is C27H31F3N6OS. The van der Waals surface area contributed by atoms with Crippen LogP contribution in [-0.4, -0.2) is 74.9 Å². The topological polar surface area (TPSA) is 67.2 Å². The van der Waals surface area contributed by atoms with Crippen molar-refractivity contribution < 1.29 is 18.0 Å². The van der Waals surface area contributed by atoms with Crippen LogP contribution in [-0.2, 0) is 13.2 Å². The first-order valence-electron chi connectivity index (χ1n) is 12.7. The van der Waals surface area contributed by atoms with Gasteiger partial charge in [0.2, 0.25) is 0 Å². The fourth-order valence-corrected chi connectivity index (χ4v) is 6.21. The molecule has 0 bridgehead atoms. The predicted octanol–water partition coefficient (Wildman–Crippen LogP) is 4.96. The Bertz CT molecular complexity index is 1310. The SMILES string of the molecule is CN(C)C(=O)c1cccc(-c2nnc(SCCCN3CCC4(C[C@@H]4c4ccc(C(F)(F)F)cc4)C3)n2C)n1. The average molecular weight is 545 g/mol. The Morgan fingerprint density at radius 3 is 2.63 bits per heavy atom. The molecule has 2 fully saturated rings. The van der Waals surface area contributed by atoms with Gasteiger partial charge in [0.25, 0.3) is 5.91 Å². The van der Waals surface area contributed by atoms with Crippen LogP contribution >= 0.6 is 11.8 Å². The fraction of sp³-hybridized carbons (Fsp3) is 0.481. The van der Waals surface area contributed by atoms with Crippen molar-refractivity contribution in [3.63, 3.8) is 0 Å². The molecule has 7 nitrogen and oxygen atoms in total. The smallest absolute Gasteiger partial charge is 0.343 e. The summed E-state index contributed by atoms with van der Waals surface area (Å²) in [5.74, 6) is 1.71. The molecule has 1 aromatic carbocycles. The summed E-state index contributed by atoms with van der Waals surface area (Å²) in [6, 6.07) is 11.0. The van der Waals surface area contributed by atoms with Gasteiger partial charge in [-0.2, -0.15) is 13.2 Å². The van der Waals surface area contributed by atoms with Crippen LogP contribution in [0.3, 0.4) is 0 Å². The largest absolute Gasteiger partial charge is 0.416 e. The molecule has 2 aromatic heterocycles. The summed E-state index contributed by atoms with van der Waals surface area (Å²) < 4.78 is 40.5. The van der Waals surface area contributed by atoms with Crippen molar-refractivity contribution in [1.82, 2.24) is 29.5 Å². The highest BCUT2D eigenvalue weighted by Gasteiger charge is 2.57. The monoisotopic (exact) mass is 544 g/mol. The standard InChI is InChI=1S/C27H31F3N6OS/c1-34(2)24(37)22-7-4-6-21(31-22)23-32-33-25(35(23)3)38-15-5-13-36-14-12-26(17-36)16-20(26)18-8-10-19(11-9-18)27(28,29)30/h4,6-11,20H,5,12-17H2,1-3H3/t20-,26?/m1/s1. The normalized spacial score (nSPS) is 21.3. The number of benzene rings is 1. The Morgan fingerprint density at radius 1 is 1.16 bits per heavy atom. The van der Waals surface area contributed by atoms with Crippen LogP contribution in [0.15, 0.2) is 47.6 Å². The third kappa shape index (κ3) is 5.44. The van der Waals surface area contributed by atoms with E-state index >= 15 is 0 Å². The molecule has 2 atom stereocenters. The summed E-state index contributed by atoms with van der Waals surface area (Å²) in [7, 11) is 5.29. The quantitative estimate of drug-likeness (QED) is 0.295. The number of thioether (sulfide) groups is 1. The summed E-state index contributed by atoms with van der Waals surface area (Å²) in [6.45, 7) is 3.02. The Morgan fingerprint density at radius 2 is 1.92 bits per heavy atom. The number of hydrogen-bond donors (Lipinski definition) is 0. The van der Waals surface area contributed by atoms with Gasteiger partial charge >= 0.3 is 6.18 Å². The maximum absolute atomic E-state index is 12.9. The fourth-order valence-electron chi connectivity index (χ4n) is 5.37. The highest BCUT2D eigenvalue weighted by atomic mass is 32.2. The molecule has 1 spiro atoms. The highest BCUT2D eigenvalue weighted by molar-refractivity contribution is 7.99. The minimum Gasteiger partial charge on any atom is -0.343 e. The lowest BCUT2D eigenvalue weighted by Gasteiger charge is -2.16. The Balaban J connectivity index is 1.10. The lowest BCUT2D eigenvalue weighted by molar-refractivity contribution is -0.137. The van der Waals surface area contributed by atoms with Crippen LogP contribution in [0.25, 0.3) is 11.5 Å². The molecule has 3 heterocycles. The van der Waals surface area contributed by atoms with Crippen molar-refractivity contribution in [3.05, 3.63) is 59.3 Å². The lowest BCUT2D eigenvalue weighted by Crippen LogP contribution is -2.23. The van der Waals surface area contributed by atoms with Gasteiger partial charge in [0, 0.05) is 33.4 Å². The molecule has 0 radical (unpaired) electrons. The van der Waals surface area contributed by atoms with Crippen LogP contribution in [0.5, 0.6) is 0 Å². The van der Waals surface area contributed by atoms with E-state index < -0.39 is 11.7 Å². The van der Waals surface area contributed by atoms with Gasteiger partial charge in [-0.1, -0.05) is 30.0 Å². The number of rotatable bonds is 8. The van der Waals surface area contributed by atoms with Crippen LogP contribution in [0, 0.1) is 5.41 Å². The van der Waals surface area contributed by atoms with E-state index in [0.29, 0.717) is 23.1 Å². The second-order valence-electron chi connectivity index (χ2n) is 10.4. The summed E-state index contributed by atoms with van der Waals surface area (Å²) in [5.41, 5.74) is 1.64. The molecule has 1 saturated carbocycles. The van der Waals surface area contributed by atoms with E-state index in [2.05, 4.69) is 20.1 Å². The zero-order valence-corrected chi connectivity index (χ0v) is 22.5. The van der Waals surface area contributed by atoms with Gasteiger partial charge in [0.15, 0.2) is 11.0 Å². The molecule has 5 rings (SSSR count). The molecule has 2 aliphatic rings. The second-order valence-corrected chi connectivity index (χ2v) is 11.5. The van der Waals surface area contributed by atoms with Crippen molar-refractivity contribution in [1.29, 1.82) is 0 Å². The van der Waals surface area contributed by atoms with E-state index in [0.717, 1.165) is 55.4 Å². The highest BCUT2D eigenvalue weighted by Crippen LogP contribution is 2.64. The molecule has 1 saturated heterocycles. The number of carbonyl (C=O) groups excluding carboxylic acids is 1. The van der Waals surface area contributed by atoms with E-state index in [1.54, 1.807) is 50.1 Å². The molecule has 3 aromatic rings. The molecule has 1 amide bonds. The first kappa shape index (κ1) is 26.7. The summed E-state index contributed by atoms with van der Waals surface area (Å²) in [4.78, 5) is 20.7. The second kappa shape index (κ2) is 10.3. The first-order valence-corrected chi connectivity index (χ1v) is 13.7. The minimum absolute atomic E-state index is 0.163. The number of halogens is 3. The van der Waals surface area contributed by atoms with Crippen molar-refractivity contribution in [3.8, 4) is 11.5 Å². The van der Waals surface area contributed by atoms with Crippen LogP contribution < -0.4 is 0 Å². The summed E-state index contributed by atoms with van der Waals surface area (Å²) >= 11 is 1.65. The van der Waals surface area contributed by atoms with Crippen LogP contribution in [0.2, 0.25) is 0 Å². The van der Waals surface area contributed by atoms with Gasteiger partial charge in [-0.05, 0) is 73.5 Å². The van der Waals surface area contributed by atoms with Crippen LogP contribution in [0.1, 0.15) is 46.8 Å². The summed E-state index contributed by atoms with van der Waals surface area (Å²) in [5, 5.41) is 9.43. The van der Waals surface area contributed by atoms with Gasteiger partial charge in [-0.3, -0.25) is 4.79 Å². The number of hydrogen-bond acceptors (Lipinski definition) is 6. The maximum atomic E-state index is 12.9. The number of likely N-dealkylation sites (tertiary alicyclic amines) is 1. The van der Waals surface area contributed by atoms with E-state index in [4.69, 9.17) is 0 Å². The Labute approximate surface area is 224 Å². The average Bonchev–Trinajstić information content (AvgIpc) is 3.23. The zero-order chi connectivity index (χ0) is 27.1.